The number of aromatic nitrogens is 1. The SMILES string of the molecule is Cc1ncc(COP(=O)(O)O)c([C@@H](N)O)c1O. The highest BCUT2D eigenvalue weighted by atomic mass is 31.2. The molecule has 17 heavy (non-hydrogen) atoms. The molecule has 0 saturated carbocycles. The second-order valence-corrected chi connectivity index (χ2v) is 4.58. The molecule has 0 radical (unpaired) electrons. The molecular weight excluding hydrogens is 251 g/mol. The van der Waals surface area contributed by atoms with Crippen molar-refractivity contribution in [3.8, 4) is 5.75 Å². The quantitative estimate of drug-likeness (QED) is 0.366. The fourth-order valence-corrected chi connectivity index (χ4v) is 1.56. The van der Waals surface area contributed by atoms with E-state index in [1.165, 1.54) is 13.1 Å². The van der Waals surface area contributed by atoms with E-state index in [0.29, 0.717) is 0 Å². The van der Waals surface area contributed by atoms with Gasteiger partial charge in [0.05, 0.1) is 12.3 Å². The third kappa shape index (κ3) is 3.74. The van der Waals surface area contributed by atoms with E-state index in [9.17, 15) is 14.8 Å². The van der Waals surface area contributed by atoms with Crippen LogP contribution in [0.25, 0.3) is 0 Å². The summed E-state index contributed by atoms with van der Waals surface area (Å²) < 4.78 is 14.8. The minimum Gasteiger partial charge on any atom is -0.506 e. The fourth-order valence-electron chi connectivity index (χ4n) is 1.25. The largest absolute Gasteiger partial charge is 0.506 e. The molecule has 0 bridgehead atoms. The lowest BCUT2D eigenvalue weighted by molar-refractivity contribution is 0.167. The summed E-state index contributed by atoms with van der Waals surface area (Å²) in [5, 5.41) is 18.9. The van der Waals surface area contributed by atoms with E-state index in [2.05, 4.69) is 9.51 Å². The van der Waals surface area contributed by atoms with E-state index >= 15 is 0 Å². The number of aryl methyl sites for hydroxylation is 1. The molecular formula is C8H13N2O6P. The molecule has 1 rings (SSSR count). The van der Waals surface area contributed by atoms with Crippen LogP contribution in [0, 0.1) is 6.92 Å². The van der Waals surface area contributed by atoms with Crippen LogP contribution >= 0.6 is 7.82 Å². The molecule has 9 heteroatoms. The molecule has 0 aliphatic rings. The van der Waals surface area contributed by atoms with Crippen molar-refractivity contribution in [2.24, 2.45) is 5.73 Å². The number of hydrogen-bond acceptors (Lipinski definition) is 6. The number of phosphoric acid groups is 1. The first-order valence-corrected chi connectivity index (χ1v) is 6.06. The Hall–Kier alpha value is -1.02. The van der Waals surface area contributed by atoms with Crippen molar-refractivity contribution in [3.05, 3.63) is 23.0 Å². The summed E-state index contributed by atoms with van der Waals surface area (Å²) in [6.45, 7) is 0.976. The van der Waals surface area contributed by atoms with Gasteiger partial charge in [-0.05, 0) is 6.92 Å². The minimum absolute atomic E-state index is 0.0639. The maximum atomic E-state index is 10.5. The summed E-state index contributed by atoms with van der Waals surface area (Å²) in [4.78, 5) is 20.9. The number of hydrogen-bond donors (Lipinski definition) is 5. The third-order valence-corrected chi connectivity index (χ3v) is 2.51. The maximum absolute atomic E-state index is 10.5. The van der Waals surface area contributed by atoms with Gasteiger partial charge in [-0.3, -0.25) is 9.51 Å². The first-order chi connectivity index (χ1) is 7.72. The Kier molecular flexibility index (Phi) is 4.21. The van der Waals surface area contributed by atoms with Crippen LogP contribution in [0.1, 0.15) is 23.0 Å². The molecule has 8 nitrogen and oxygen atoms in total. The van der Waals surface area contributed by atoms with Gasteiger partial charge < -0.3 is 25.7 Å². The van der Waals surface area contributed by atoms with Crippen LogP contribution < -0.4 is 5.73 Å². The smallest absolute Gasteiger partial charge is 0.469 e. The molecule has 0 saturated heterocycles. The summed E-state index contributed by atoms with van der Waals surface area (Å²) in [6.07, 6.45) is -0.275. The van der Waals surface area contributed by atoms with Crippen molar-refractivity contribution in [2.45, 2.75) is 19.8 Å². The number of rotatable bonds is 4. The number of nitrogens with two attached hydrogens (primary N) is 1. The van der Waals surface area contributed by atoms with Gasteiger partial charge in [-0.1, -0.05) is 0 Å². The number of pyridine rings is 1. The van der Waals surface area contributed by atoms with Gasteiger partial charge in [-0.2, -0.15) is 0 Å². The van der Waals surface area contributed by atoms with E-state index in [4.69, 9.17) is 15.5 Å². The fraction of sp³-hybridized carbons (Fsp3) is 0.375. The number of aliphatic hydroxyl groups is 1. The molecule has 0 unspecified atom stereocenters. The van der Waals surface area contributed by atoms with Gasteiger partial charge in [-0.25, -0.2) is 4.57 Å². The molecule has 0 spiro atoms. The van der Waals surface area contributed by atoms with Crippen LogP contribution in [0.2, 0.25) is 0 Å². The standard InChI is InChI=1S/C8H13N2O6P/c1-4-7(11)6(8(9)12)5(2-10-4)3-16-17(13,14)15/h2,8,11-12H,3,9H2,1H3,(H2,13,14,15)/t8-/m0/s1. The Morgan fingerprint density at radius 3 is 2.65 bits per heavy atom. The topological polar surface area (TPSA) is 146 Å². The van der Waals surface area contributed by atoms with Crippen LogP contribution in [-0.2, 0) is 15.7 Å². The molecule has 0 fully saturated rings. The summed E-state index contributed by atoms with van der Waals surface area (Å²) in [5.41, 5.74) is 5.52. The van der Waals surface area contributed by atoms with Gasteiger partial charge in [0.2, 0.25) is 0 Å². The normalized spacial score (nSPS) is 13.7. The lowest BCUT2D eigenvalue weighted by atomic mass is 10.1. The molecule has 1 aromatic heterocycles. The number of phosphoric ester groups is 1. The van der Waals surface area contributed by atoms with Gasteiger partial charge in [0.25, 0.3) is 0 Å². The first-order valence-electron chi connectivity index (χ1n) is 4.53. The van der Waals surface area contributed by atoms with Crippen molar-refractivity contribution in [3.63, 3.8) is 0 Å². The van der Waals surface area contributed by atoms with E-state index in [0.717, 1.165) is 0 Å². The predicted molar refractivity (Wildman–Crippen MR) is 56.6 cm³/mol. The molecule has 0 amide bonds. The zero-order valence-electron chi connectivity index (χ0n) is 8.94. The third-order valence-electron chi connectivity index (χ3n) is 2.04. The minimum atomic E-state index is -4.64. The monoisotopic (exact) mass is 264 g/mol. The number of nitrogens with zero attached hydrogens (tertiary/aromatic N) is 1. The van der Waals surface area contributed by atoms with E-state index in [1.807, 2.05) is 0 Å². The van der Waals surface area contributed by atoms with E-state index < -0.39 is 20.7 Å². The Morgan fingerprint density at radius 2 is 2.18 bits per heavy atom. The highest BCUT2D eigenvalue weighted by Gasteiger charge is 2.20. The number of aromatic hydroxyl groups is 1. The van der Waals surface area contributed by atoms with Crippen molar-refractivity contribution in [1.82, 2.24) is 4.98 Å². The lowest BCUT2D eigenvalue weighted by Crippen LogP contribution is -2.13. The molecule has 1 heterocycles. The second-order valence-electron chi connectivity index (χ2n) is 3.34. The summed E-state index contributed by atoms with van der Waals surface area (Å²) in [6, 6.07) is 0. The highest BCUT2D eigenvalue weighted by Crippen LogP contribution is 2.38. The molecule has 6 N–H and O–H groups in total. The Labute approximate surface area is 96.9 Å². The molecule has 0 aromatic carbocycles. The predicted octanol–water partition coefficient (Wildman–Crippen LogP) is -0.345. The van der Waals surface area contributed by atoms with Crippen molar-refractivity contribution in [1.29, 1.82) is 0 Å². The molecule has 1 aromatic rings. The van der Waals surface area contributed by atoms with Crippen LogP contribution in [-0.4, -0.2) is 25.0 Å². The average molecular weight is 264 g/mol. The van der Waals surface area contributed by atoms with Crippen molar-refractivity contribution < 1.29 is 29.1 Å². The van der Waals surface area contributed by atoms with E-state index in [-0.39, 0.29) is 22.6 Å². The average Bonchev–Trinajstić information content (AvgIpc) is 2.18. The van der Waals surface area contributed by atoms with Crippen LogP contribution in [0.4, 0.5) is 0 Å². The second kappa shape index (κ2) is 5.09. The van der Waals surface area contributed by atoms with Gasteiger partial charge in [-0.15, -0.1) is 0 Å². The Balaban J connectivity index is 3.08. The zero-order chi connectivity index (χ0) is 13.2. The van der Waals surface area contributed by atoms with Crippen LogP contribution in [0.3, 0.4) is 0 Å². The van der Waals surface area contributed by atoms with Crippen molar-refractivity contribution in [2.75, 3.05) is 0 Å². The molecule has 0 aliphatic heterocycles. The Bertz CT molecular complexity index is 458. The van der Waals surface area contributed by atoms with Gasteiger partial charge >= 0.3 is 7.82 Å². The van der Waals surface area contributed by atoms with Gasteiger partial charge in [0.1, 0.15) is 12.0 Å². The molecule has 0 aliphatic carbocycles. The summed E-state index contributed by atoms with van der Waals surface area (Å²) in [5.74, 6) is -0.327. The lowest BCUT2D eigenvalue weighted by Gasteiger charge is -2.15. The van der Waals surface area contributed by atoms with E-state index in [1.54, 1.807) is 0 Å². The molecule has 96 valence electrons. The highest BCUT2D eigenvalue weighted by molar-refractivity contribution is 7.46. The van der Waals surface area contributed by atoms with Crippen LogP contribution in [0.5, 0.6) is 5.75 Å². The van der Waals surface area contributed by atoms with Gasteiger partial charge in [0.15, 0.2) is 0 Å². The zero-order valence-corrected chi connectivity index (χ0v) is 9.83. The van der Waals surface area contributed by atoms with Gasteiger partial charge in [0, 0.05) is 17.3 Å². The first kappa shape index (κ1) is 14.0. The summed E-state index contributed by atoms with van der Waals surface area (Å²) >= 11 is 0. The molecule has 1 atom stereocenters. The van der Waals surface area contributed by atoms with Crippen molar-refractivity contribution >= 4 is 7.82 Å². The van der Waals surface area contributed by atoms with Crippen LogP contribution in [0.15, 0.2) is 6.20 Å². The number of aliphatic hydroxyl groups excluding tert-OH is 1. The summed E-state index contributed by atoms with van der Waals surface area (Å²) in [7, 11) is -4.64. The Morgan fingerprint density at radius 1 is 1.59 bits per heavy atom. The maximum Gasteiger partial charge on any atom is 0.469 e.